The van der Waals surface area contributed by atoms with Crippen molar-refractivity contribution in [2.24, 2.45) is 0 Å². The number of hydrogen-bond acceptors (Lipinski definition) is 4. The van der Waals surface area contributed by atoms with Crippen molar-refractivity contribution in [3.05, 3.63) is 42.5 Å². The van der Waals surface area contributed by atoms with Crippen LogP contribution in [0, 0.1) is 0 Å². The zero-order valence-corrected chi connectivity index (χ0v) is 11.6. The molecule has 7 heteroatoms. The first-order valence-corrected chi connectivity index (χ1v) is 6.95. The highest BCUT2D eigenvalue weighted by Crippen LogP contribution is 2.30. The average molecular weight is 300 g/mol. The fourth-order valence-electron chi connectivity index (χ4n) is 1.88. The summed E-state index contributed by atoms with van der Waals surface area (Å²) in [4.78, 5) is 19.8. The first-order valence-electron chi connectivity index (χ1n) is 6.13. The summed E-state index contributed by atoms with van der Waals surface area (Å²) in [6.45, 7) is 0. The summed E-state index contributed by atoms with van der Waals surface area (Å²) >= 11 is 1.59. The number of rotatable bonds is 3. The average Bonchev–Trinajstić information content (AvgIpc) is 2.82. The molecule has 1 aromatic heterocycles. The Hall–Kier alpha value is -2.67. The van der Waals surface area contributed by atoms with Crippen LogP contribution in [0.15, 0.2) is 52.3 Å². The van der Waals surface area contributed by atoms with Gasteiger partial charge in [-0.2, -0.15) is 0 Å². The number of benzene rings is 2. The van der Waals surface area contributed by atoms with Crippen molar-refractivity contribution in [3.63, 3.8) is 0 Å². The molecule has 106 valence electrons. The van der Waals surface area contributed by atoms with E-state index in [0.717, 1.165) is 21.0 Å². The van der Waals surface area contributed by atoms with E-state index in [9.17, 15) is 4.79 Å². The molecule has 3 aromatic rings. The van der Waals surface area contributed by atoms with Gasteiger partial charge < -0.3 is 15.8 Å². The van der Waals surface area contributed by atoms with Crippen molar-refractivity contribution in [2.45, 2.75) is 9.79 Å². The number of nitrogens with one attached hydrogen (secondary N) is 2. The molecule has 0 saturated heterocycles. The maximum absolute atomic E-state index is 10.6. The van der Waals surface area contributed by atoms with Crippen molar-refractivity contribution < 1.29 is 9.90 Å². The van der Waals surface area contributed by atoms with Crippen LogP contribution in [-0.2, 0) is 0 Å². The van der Waals surface area contributed by atoms with Crippen molar-refractivity contribution in [2.75, 3.05) is 11.1 Å². The van der Waals surface area contributed by atoms with E-state index < -0.39 is 6.09 Å². The van der Waals surface area contributed by atoms with E-state index in [1.807, 2.05) is 42.5 Å². The normalized spacial score (nSPS) is 10.7. The standard InChI is InChI=1S/C14H12N4O2S/c15-8-1-3-9(4-2-8)21-10-5-6-11-12(7-10)17-13(16-11)18-14(19)20/h1-7H,15H2,(H,19,20)(H2,16,17,18). The molecule has 1 amide bonds. The van der Waals surface area contributed by atoms with Gasteiger partial charge in [-0.15, -0.1) is 0 Å². The minimum Gasteiger partial charge on any atom is -0.465 e. The highest BCUT2D eigenvalue weighted by atomic mass is 32.2. The molecular weight excluding hydrogens is 288 g/mol. The van der Waals surface area contributed by atoms with Crippen molar-refractivity contribution in [1.29, 1.82) is 0 Å². The monoisotopic (exact) mass is 300 g/mol. The van der Waals surface area contributed by atoms with Gasteiger partial charge in [0.2, 0.25) is 5.95 Å². The first kappa shape index (κ1) is 13.3. The molecule has 21 heavy (non-hydrogen) atoms. The number of hydrogen-bond donors (Lipinski definition) is 4. The van der Waals surface area contributed by atoms with Gasteiger partial charge in [0, 0.05) is 15.5 Å². The van der Waals surface area contributed by atoms with E-state index in [2.05, 4.69) is 15.3 Å². The second-order valence-corrected chi connectivity index (χ2v) is 5.51. The van der Waals surface area contributed by atoms with Crippen molar-refractivity contribution >= 4 is 40.5 Å². The number of nitrogen functional groups attached to an aromatic ring is 1. The van der Waals surface area contributed by atoms with Gasteiger partial charge in [0.05, 0.1) is 11.0 Å². The van der Waals surface area contributed by atoms with Gasteiger partial charge in [-0.25, -0.2) is 9.78 Å². The molecule has 6 nitrogen and oxygen atoms in total. The van der Waals surface area contributed by atoms with E-state index in [-0.39, 0.29) is 5.95 Å². The number of fused-ring (bicyclic) bond motifs is 1. The van der Waals surface area contributed by atoms with E-state index in [0.29, 0.717) is 5.52 Å². The SMILES string of the molecule is Nc1ccc(Sc2ccc3nc(NC(=O)O)[nH]c3c2)cc1. The van der Waals surface area contributed by atoms with Gasteiger partial charge in [0.1, 0.15) is 0 Å². The number of H-pyrrole nitrogens is 1. The molecule has 3 rings (SSSR count). The molecule has 0 unspecified atom stereocenters. The summed E-state index contributed by atoms with van der Waals surface area (Å²) in [6, 6.07) is 13.3. The first-order chi connectivity index (χ1) is 10.1. The highest BCUT2D eigenvalue weighted by Gasteiger charge is 2.06. The predicted molar refractivity (Wildman–Crippen MR) is 82.7 cm³/mol. The summed E-state index contributed by atoms with van der Waals surface area (Å²) < 4.78 is 0. The lowest BCUT2D eigenvalue weighted by molar-refractivity contribution is 0.209. The lowest BCUT2D eigenvalue weighted by Crippen LogP contribution is -2.08. The topological polar surface area (TPSA) is 104 Å². The Bertz CT molecular complexity index is 798. The minimum atomic E-state index is -1.15. The Labute approximate surface area is 124 Å². The molecule has 0 aliphatic heterocycles. The smallest absolute Gasteiger partial charge is 0.411 e. The van der Waals surface area contributed by atoms with Crippen LogP contribution < -0.4 is 11.1 Å². The number of carbonyl (C=O) groups is 1. The second-order valence-electron chi connectivity index (χ2n) is 4.37. The van der Waals surface area contributed by atoms with Gasteiger partial charge in [-0.1, -0.05) is 11.8 Å². The summed E-state index contributed by atoms with van der Waals surface area (Å²) in [5.41, 5.74) is 7.87. The van der Waals surface area contributed by atoms with Gasteiger partial charge >= 0.3 is 6.09 Å². The zero-order chi connectivity index (χ0) is 14.8. The van der Waals surface area contributed by atoms with Crippen LogP contribution in [-0.4, -0.2) is 21.2 Å². The summed E-state index contributed by atoms with van der Waals surface area (Å²) in [7, 11) is 0. The highest BCUT2D eigenvalue weighted by molar-refractivity contribution is 7.99. The Balaban J connectivity index is 1.86. The molecule has 5 N–H and O–H groups in total. The van der Waals surface area contributed by atoms with Crippen LogP contribution in [0.5, 0.6) is 0 Å². The summed E-state index contributed by atoms with van der Waals surface area (Å²) in [5.74, 6) is 0.215. The third-order valence-electron chi connectivity index (χ3n) is 2.79. The molecule has 0 spiro atoms. The predicted octanol–water partition coefficient (Wildman–Crippen LogP) is 3.39. The van der Waals surface area contributed by atoms with E-state index >= 15 is 0 Å². The van der Waals surface area contributed by atoms with Crippen LogP contribution >= 0.6 is 11.8 Å². The van der Waals surface area contributed by atoms with Crippen molar-refractivity contribution in [3.8, 4) is 0 Å². The molecule has 1 heterocycles. The van der Waals surface area contributed by atoms with Gasteiger partial charge in [0.15, 0.2) is 0 Å². The Morgan fingerprint density at radius 1 is 1.19 bits per heavy atom. The largest absolute Gasteiger partial charge is 0.465 e. The second kappa shape index (κ2) is 5.37. The van der Waals surface area contributed by atoms with Crippen LogP contribution in [0.25, 0.3) is 11.0 Å². The minimum absolute atomic E-state index is 0.215. The van der Waals surface area contributed by atoms with E-state index in [4.69, 9.17) is 10.8 Å². The number of amides is 1. The molecule has 2 aromatic carbocycles. The van der Waals surface area contributed by atoms with Crippen LogP contribution in [0.4, 0.5) is 16.4 Å². The van der Waals surface area contributed by atoms with Crippen molar-refractivity contribution in [1.82, 2.24) is 9.97 Å². The molecule has 0 fully saturated rings. The van der Waals surface area contributed by atoms with Crippen LogP contribution in [0.1, 0.15) is 0 Å². The fraction of sp³-hybridized carbons (Fsp3) is 0. The lowest BCUT2D eigenvalue weighted by Gasteiger charge is -2.02. The molecule has 0 atom stereocenters. The Kier molecular flexibility index (Phi) is 3.41. The third-order valence-corrected chi connectivity index (χ3v) is 3.79. The lowest BCUT2D eigenvalue weighted by atomic mass is 10.3. The molecule has 0 saturated carbocycles. The molecule has 0 aliphatic rings. The number of carboxylic acid groups (broad SMARTS) is 1. The number of aromatic amines is 1. The number of nitrogens with zero attached hydrogens (tertiary/aromatic N) is 1. The molecule has 0 radical (unpaired) electrons. The number of imidazole rings is 1. The number of nitrogens with two attached hydrogens (primary N) is 1. The maximum atomic E-state index is 10.6. The molecule has 0 bridgehead atoms. The third kappa shape index (κ3) is 3.09. The van der Waals surface area contributed by atoms with E-state index in [1.165, 1.54) is 0 Å². The Morgan fingerprint density at radius 3 is 2.62 bits per heavy atom. The van der Waals surface area contributed by atoms with Gasteiger partial charge in [0.25, 0.3) is 0 Å². The maximum Gasteiger partial charge on any atom is 0.411 e. The fourth-order valence-corrected chi connectivity index (χ4v) is 2.74. The zero-order valence-electron chi connectivity index (χ0n) is 10.8. The number of anilines is 2. The summed E-state index contributed by atoms with van der Waals surface area (Å²) in [5, 5.41) is 10.9. The van der Waals surface area contributed by atoms with Crippen LogP contribution in [0.3, 0.4) is 0 Å². The van der Waals surface area contributed by atoms with Gasteiger partial charge in [-0.05, 0) is 42.5 Å². The number of aromatic nitrogens is 2. The summed E-state index contributed by atoms with van der Waals surface area (Å²) in [6.07, 6.45) is -1.15. The molecular formula is C14H12N4O2S. The molecule has 0 aliphatic carbocycles. The van der Waals surface area contributed by atoms with E-state index in [1.54, 1.807) is 11.8 Å². The Morgan fingerprint density at radius 2 is 1.90 bits per heavy atom. The quantitative estimate of drug-likeness (QED) is 0.555. The van der Waals surface area contributed by atoms with Gasteiger partial charge in [-0.3, -0.25) is 5.32 Å². The van der Waals surface area contributed by atoms with Crippen LogP contribution in [0.2, 0.25) is 0 Å².